The second kappa shape index (κ2) is 10.2. The molecule has 1 aliphatic heterocycles. The van der Waals surface area contributed by atoms with E-state index in [1.54, 1.807) is 0 Å². The summed E-state index contributed by atoms with van der Waals surface area (Å²) >= 11 is 0. The second-order valence-electron chi connectivity index (χ2n) is 10.8. The SMILES string of the molecule is C1=c2ccncc2=CC2c3ccc(N(c4cccc(-c5ccccc5)c4)c4cccc(-c5ccccc5)c4)cc3OC12. The molecule has 0 spiro atoms. The molecule has 3 nitrogen and oxygen atoms in total. The third-order valence-electron chi connectivity index (χ3n) is 8.24. The van der Waals surface area contributed by atoms with Crippen LogP contribution in [-0.2, 0) is 0 Å². The maximum Gasteiger partial charge on any atom is 0.128 e. The van der Waals surface area contributed by atoms with Crippen molar-refractivity contribution in [1.82, 2.24) is 4.98 Å². The van der Waals surface area contributed by atoms with Gasteiger partial charge in [-0.2, -0.15) is 0 Å². The average molecular weight is 541 g/mol. The number of aromatic nitrogens is 1. The van der Waals surface area contributed by atoms with Crippen molar-refractivity contribution in [1.29, 1.82) is 0 Å². The van der Waals surface area contributed by atoms with E-state index in [0.717, 1.165) is 28.0 Å². The fourth-order valence-electron chi connectivity index (χ4n) is 6.20. The van der Waals surface area contributed by atoms with Crippen molar-refractivity contribution in [2.75, 3.05) is 4.90 Å². The van der Waals surface area contributed by atoms with Gasteiger partial charge < -0.3 is 9.64 Å². The van der Waals surface area contributed by atoms with E-state index >= 15 is 0 Å². The van der Waals surface area contributed by atoms with Gasteiger partial charge in [-0.15, -0.1) is 0 Å². The lowest BCUT2D eigenvalue weighted by Gasteiger charge is -2.27. The third-order valence-corrected chi connectivity index (χ3v) is 8.24. The van der Waals surface area contributed by atoms with Gasteiger partial charge in [-0.1, -0.05) is 97.1 Å². The van der Waals surface area contributed by atoms with E-state index in [9.17, 15) is 0 Å². The molecule has 1 aromatic heterocycles. The summed E-state index contributed by atoms with van der Waals surface area (Å²) in [5, 5.41) is 2.34. The zero-order valence-corrected chi connectivity index (χ0v) is 23.0. The molecular weight excluding hydrogens is 512 g/mol. The Balaban J connectivity index is 1.25. The van der Waals surface area contributed by atoms with Crippen LogP contribution in [0.3, 0.4) is 0 Å². The molecule has 8 rings (SSSR count). The summed E-state index contributed by atoms with van der Waals surface area (Å²) in [5.41, 5.74) is 9.19. The van der Waals surface area contributed by atoms with E-state index in [1.165, 1.54) is 33.0 Å². The molecule has 2 unspecified atom stereocenters. The lowest BCUT2D eigenvalue weighted by atomic mass is 9.90. The van der Waals surface area contributed by atoms with Crippen LogP contribution in [0.2, 0.25) is 0 Å². The molecule has 200 valence electrons. The van der Waals surface area contributed by atoms with Crippen molar-refractivity contribution in [3.63, 3.8) is 0 Å². The van der Waals surface area contributed by atoms with Crippen LogP contribution in [0.1, 0.15) is 11.5 Å². The van der Waals surface area contributed by atoms with Crippen LogP contribution in [0.25, 0.3) is 34.4 Å². The first-order valence-corrected chi connectivity index (χ1v) is 14.4. The second-order valence-corrected chi connectivity index (χ2v) is 10.8. The number of hydrogen-bond acceptors (Lipinski definition) is 3. The summed E-state index contributed by atoms with van der Waals surface area (Å²) in [6.45, 7) is 0. The molecule has 0 fully saturated rings. The van der Waals surface area contributed by atoms with Gasteiger partial charge in [0, 0.05) is 47.0 Å². The number of pyridine rings is 1. The van der Waals surface area contributed by atoms with Crippen molar-refractivity contribution >= 4 is 29.2 Å². The van der Waals surface area contributed by atoms with Crippen LogP contribution in [0, 0.1) is 0 Å². The summed E-state index contributed by atoms with van der Waals surface area (Å²) < 4.78 is 6.58. The van der Waals surface area contributed by atoms with Gasteiger partial charge in [-0.05, 0) is 75.2 Å². The van der Waals surface area contributed by atoms with Crippen LogP contribution in [0.15, 0.2) is 146 Å². The van der Waals surface area contributed by atoms with Gasteiger partial charge in [0.25, 0.3) is 0 Å². The fraction of sp³-hybridized carbons (Fsp3) is 0.0513. The first-order valence-electron chi connectivity index (χ1n) is 14.4. The largest absolute Gasteiger partial charge is 0.485 e. The Labute approximate surface area is 245 Å². The Morgan fingerprint density at radius 2 is 1.14 bits per heavy atom. The molecular formula is C39H28N2O. The zero-order chi connectivity index (χ0) is 27.9. The van der Waals surface area contributed by atoms with Gasteiger partial charge in [0.05, 0.1) is 0 Å². The van der Waals surface area contributed by atoms with Crippen LogP contribution in [0.4, 0.5) is 17.1 Å². The topological polar surface area (TPSA) is 25.4 Å². The molecule has 2 aliphatic rings. The predicted molar refractivity (Wildman–Crippen MR) is 172 cm³/mol. The van der Waals surface area contributed by atoms with Crippen molar-refractivity contribution in [2.45, 2.75) is 12.0 Å². The first-order chi connectivity index (χ1) is 20.8. The van der Waals surface area contributed by atoms with Crippen molar-refractivity contribution in [3.05, 3.63) is 162 Å². The molecule has 0 saturated carbocycles. The van der Waals surface area contributed by atoms with Gasteiger partial charge in [0.1, 0.15) is 11.9 Å². The van der Waals surface area contributed by atoms with Crippen molar-refractivity contribution in [2.24, 2.45) is 0 Å². The quantitative estimate of drug-likeness (QED) is 0.222. The average Bonchev–Trinajstić information content (AvgIpc) is 3.41. The Morgan fingerprint density at radius 3 is 1.81 bits per heavy atom. The standard InChI is InChI=1S/C39H28N2O/c1-3-9-27(10-4-1)29-13-7-15-33(21-29)41(34-16-8-14-30(22-34)28-11-5-2-6-12-28)35-17-18-36-37-23-32-26-40-20-19-31(32)24-38(37)42-39(36)25-35/h1-26,37-38H. The summed E-state index contributed by atoms with van der Waals surface area (Å²) in [5.74, 6) is 1.11. The third kappa shape index (κ3) is 4.36. The van der Waals surface area contributed by atoms with E-state index < -0.39 is 0 Å². The molecule has 0 radical (unpaired) electrons. The Bertz CT molecular complexity index is 1950. The Kier molecular flexibility index (Phi) is 5.93. The molecule has 3 heteroatoms. The number of fused-ring (bicyclic) bond motifs is 4. The summed E-state index contributed by atoms with van der Waals surface area (Å²) in [6.07, 6.45) is 8.29. The number of nitrogens with zero attached hydrogens (tertiary/aromatic N) is 2. The molecule has 42 heavy (non-hydrogen) atoms. The molecule has 5 aromatic carbocycles. The minimum Gasteiger partial charge on any atom is -0.485 e. The lowest BCUT2D eigenvalue weighted by Crippen LogP contribution is -2.34. The van der Waals surface area contributed by atoms with Gasteiger partial charge in [-0.25, -0.2) is 0 Å². The number of hydrogen-bond donors (Lipinski definition) is 0. The maximum absolute atomic E-state index is 6.58. The zero-order valence-electron chi connectivity index (χ0n) is 23.0. The van der Waals surface area contributed by atoms with E-state index in [4.69, 9.17) is 4.74 Å². The van der Waals surface area contributed by atoms with Crippen LogP contribution >= 0.6 is 0 Å². The minimum atomic E-state index is -0.0126. The van der Waals surface area contributed by atoms with Crippen LogP contribution in [-0.4, -0.2) is 11.1 Å². The lowest BCUT2D eigenvalue weighted by molar-refractivity contribution is 0.288. The highest BCUT2D eigenvalue weighted by atomic mass is 16.5. The number of rotatable bonds is 5. The van der Waals surface area contributed by atoms with Crippen molar-refractivity contribution < 1.29 is 4.74 Å². The molecule has 0 saturated heterocycles. The van der Waals surface area contributed by atoms with E-state index in [1.807, 2.05) is 12.4 Å². The molecule has 2 heterocycles. The minimum absolute atomic E-state index is 0.0126. The number of benzene rings is 5. The van der Waals surface area contributed by atoms with Crippen molar-refractivity contribution in [3.8, 4) is 28.0 Å². The molecule has 1 aliphatic carbocycles. The normalized spacial score (nSPS) is 16.2. The molecule has 0 bridgehead atoms. The highest BCUT2D eigenvalue weighted by Crippen LogP contribution is 2.45. The molecule has 0 amide bonds. The van der Waals surface area contributed by atoms with E-state index in [-0.39, 0.29) is 12.0 Å². The van der Waals surface area contributed by atoms with Gasteiger partial charge in [0.2, 0.25) is 0 Å². The van der Waals surface area contributed by atoms with Crippen LogP contribution < -0.4 is 20.1 Å². The Morgan fingerprint density at radius 1 is 0.524 bits per heavy atom. The number of anilines is 3. The first kappa shape index (κ1) is 24.4. The van der Waals surface area contributed by atoms with Crippen LogP contribution in [0.5, 0.6) is 5.75 Å². The smallest absolute Gasteiger partial charge is 0.128 e. The van der Waals surface area contributed by atoms with E-state index in [0.29, 0.717) is 0 Å². The maximum atomic E-state index is 6.58. The summed E-state index contributed by atoms with van der Waals surface area (Å²) in [6, 6.07) is 47.3. The summed E-state index contributed by atoms with van der Waals surface area (Å²) in [4.78, 5) is 6.66. The predicted octanol–water partition coefficient (Wildman–Crippen LogP) is 8.00. The fourth-order valence-corrected chi connectivity index (χ4v) is 6.20. The highest BCUT2D eigenvalue weighted by molar-refractivity contribution is 5.83. The van der Waals surface area contributed by atoms with Gasteiger partial charge >= 0.3 is 0 Å². The summed E-state index contributed by atoms with van der Waals surface area (Å²) in [7, 11) is 0. The molecule has 2 atom stereocenters. The number of ether oxygens (including phenoxy) is 1. The van der Waals surface area contributed by atoms with Gasteiger partial charge in [0.15, 0.2) is 0 Å². The van der Waals surface area contributed by atoms with E-state index in [2.05, 4.69) is 155 Å². The molecule has 0 N–H and O–H groups in total. The van der Waals surface area contributed by atoms with Gasteiger partial charge in [-0.3, -0.25) is 4.98 Å². The Hall–Kier alpha value is -5.41. The highest BCUT2D eigenvalue weighted by Gasteiger charge is 2.33. The molecule has 6 aromatic rings. The monoisotopic (exact) mass is 540 g/mol.